The van der Waals surface area contributed by atoms with Crippen LogP contribution in [0.5, 0.6) is 0 Å². The molecule has 0 aliphatic carbocycles. The Labute approximate surface area is 166 Å². The van der Waals surface area contributed by atoms with Crippen molar-refractivity contribution in [1.82, 2.24) is 9.88 Å². The fraction of sp³-hybridized carbons (Fsp3) is 0.250. The molecule has 1 amide bonds. The number of carbonyl (C=O) groups excluding carboxylic acids is 1. The molecule has 1 aliphatic rings. The molecule has 0 saturated carbocycles. The zero-order valence-corrected chi connectivity index (χ0v) is 16.2. The first kappa shape index (κ1) is 18.4. The summed E-state index contributed by atoms with van der Waals surface area (Å²) in [6.07, 6.45) is 3.72. The van der Waals surface area contributed by atoms with E-state index in [1.165, 1.54) is 5.56 Å². The molecule has 0 bridgehead atoms. The number of nitrogens with zero attached hydrogens (tertiary/aromatic N) is 3. The summed E-state index contributed by atoms with van der Waals surface area (Å²) in [5, 5.41) is 0. The van der Waals surface area contributed by atoms with Gasteiger partial charge in [0.05, 0.1) is 0 Å². The SMILES string of the molecule is CN(Cc1ccccc1)Cc1cccc(C(=O)N2CCCc3cccnc32)c1. The van der Waals surface area contributed by atoms with Crippen molar-refractivity contribution in [3.63, 3.8) is 0 Å². The van der Waals surface area contributed by atoms with E-state index in [1.54, 1.807) is 6.20 Å². The van der Waals surface area contributed by atoms with E-state index >= 15 is 0 Å². The summed E-state index contributed by atoms with van der Waals surface area (Å²) >= 11 is 0. The van der Waals surface area contributed by atoms with Crippen LogP contribution in [0.15, 0.2) is 72.9 Å². The molecule has 0 fully saturated rings. The Kier molecular flexibility index (Phi) is 5.49. The van der Waals surface area contributed by atoms with Gasteiger partial charge in [-0.15, -0.1) is 0 Å². The lowest BCUT2D eigenvalue weighted by atomic mass is 10.0. The van der Waals surface area contributed by atoms with Crippen LogP contribution in [0.25, 0.3) is 0 Å². The average Bonchev–Trinajstić information content (AvgIpc) is 2.73. The summed E-state index contributed by atoms with van der Waals surface area (Å²) in [5.41, 5.74) is 4.31. The average molecular weight is 371 g/mol. The number of aryl methyl sites for hydroxylation is 1. The highest BCUT2D eigenvalue weighted by Gasteiger charge is 2.24. The van der Waals surface area contributed by atoms with E-state index in [4.69, 9.17) is 0 Å². The molecular formula is C24H25N3O. The summed E-state index contributed by atoms with van der Waals surface area (Å²) in [6, 6.07) is 22.4. The fourth-order valence-corrected chi connectivity index (χ4v) is 3.82. The molecule has 0 spiro atoms. The zero-order chi connectivity index (χ0) is 19.3. The number of anilines is 1. The maximum absolute atomic E-state index is 13.2. The largest absolute Gasteiger partial charge is 0.298 e. The van der Waals surface area contributed by atoms with Gasteiger partial charge < -0.3 is 0 Å². The van der Waals surface area contributed by atoms with Gasteiger partial charge in [0.2, 0.25) is 0 Å². The highest BCUT2D eigenvalue weighted by Crippen LogP contribution is 2.26. The number of rotatable bonds is 5. The Bertz CT molecular complexity index is 955. The Hall–Kier alpha value is -2.98. The Morgan fingerprint density at radius 2 is 1.79 bits per heavy atom. The van der Waals surface area contributed by atoms with E-state index in [2.05, 4.69) is 53.3 Å². The van der Waals surface area contributed by atoms with E-state index in [9.17, 15) is 4.79 Å². The van der Waals surface area contributed by atoms with Crippen molar-refractivity contribution >= 4 is 11.7 Å². The van der Waals surface area contributed by atoms with E-state index in [0.717, 1.165) is 55.0 Å². The molecule has 4 heteroatoms. The van der Waals surface area contributed by atoms with Gasteiger partial charge in [-0.25, -0.2) is 4.98 Å². The van der Waals surface area contributed by atoms with Crippen molar-refractivity contribution in [3.8, 4) is 0 Å². The molecule has 0 radical (unpaired) electrons. The van der Waals surface area contributed by atoms with Crippen molar-refractivity contribution in [1.29, 1.82) is 0 Å². The minimum Gasteiger partial charge on any atom is -0.298 e. The predicted octanol–water partition coefficient (Wildman–Crippen LogP) is 4.31. The first-order chi connectivity index (χ1) is 13.7. The van der Waals surface area contributed by atoms with E-state index in [0.29, 0.717) is 0 Å². The maximum atomic E-state index is 13.2. The number of fused-ring (bicyclic) bond motifs is 1. The van der Waals surface area contributed by atoms with Crippen LogP contribution in [0.2, 0.25) is 0 Å². The third-order valence-electron chi connectivity index (χ3n) is 5.12. The molecule has 3 aromatic rings. The second-order valence-electron chi connectivity index (χ2n) is 7.40. The van der Waals surface area contributed by atoms with Gasteiger partial charge >= 0.3 is 0 Å². The fourth-order valence-electron chi connectivity index (χ4n) is 3.82. The number of amides is 1. The molecule has 4 nitrogen and oxygen atoms in total. The van der Waals surface area contributed by atoms with Crippen LogP contribution in [0.4, 0.5) is 5.82 Å². The molecule has 0 saturated heterocycles. The lowest BCUT2D eigenvalue weighted by Crippen LogP contribution is -2.36. The Morgan fingerprint density at radius 1 is 1.00 bits per heavy atom. The van der Waals surface area contributed by atoms with Crippen LogP contribution in [0.1, 0.15) is 33.5 Å². The summed E-state index contributed by atoms with van der Waals surface area (Å²) in [4.78, 5) is 21.7. The van der Waals surface area contributed by atoms with Gasteiger partial charge in [0.25, 0.3) is 5.91 Å². The van der Waals surface area contributed by atoms with E-state index in [-0.39, 0.29) is 5.91 Å². The molecule has 142 valence electrons. The molecule has 1 aliphatic heterocycles. The smallest absolute Gasteiger partial charge is 0.259 e. The standard InChI is InChI=1S/C24H25N3O/c1-26(17-19-8-3-2-4-9-19)18-20-10-5-11-22(16-20)24(28)27-15-7-13-21-12-6-14-25-23(21)27/h2-6,8-12,14,16H,7,13,15,17-18H2,1H3. The van der Waals surface area contributed by atoms with Crippen molar-refractivity contribution in [3.05, 3.63) is 95.2 Å². The first-order valence-corrected chi connectivity index (χ1v) is 9.78. The number of carbonyl (C=O) groups is 1. The number of hydrogen-bond donors (Lipinski definition) is 0. The van der Waals surface area contributed by atoms with Crippen LogP contribution < -0.4 is 4.90 Å². The molecule has 4 rings (SSSR count). The summed E-state index contributed by atoms with van der Waals surface area (Å²) < 4.78 is 0. The van der Waals surface area contributed by atoms with E-state index < -0.39 is 0 Å². The third kappa shape index (κ3) is 4.12. The van der Waals surface area contributed by atoms with Crippen LogP contribution in [0, 0.1) is 0 Å². The van der Waals surface area contributed by atoms with Crippen LogP contribution in [-0.2, 0) is 19.5 Å². The summed E-state index contributed by atoms with van der Waals surface area (Å²) in [6.45, 7) is 2.40. The van der Waals surface area contributed by atoms with Crippen molar-refractivity contribution in [2.45, 2.75) is 25.9 Å². The zero-order valence-electron chi connectivity index (χ0n) is 16.2. The van der Waals surface area contributed by atoms with Gasteiger partial charge in [-0.2, -0.15) is 0 Å². The first-order valence-electron chi connectivity index (χ1n) is 9.78. The quantitative estimate of drug-likeness (QED) is 0.671. The van der Waals surface area contributed by atoms with Gasteiger partial charge in [0, 0.05) is 31.4 Å². The Morgan fingerprint density at radius 3 is 2.64 bits per heavy atom. The molecule has 0 unspecified atom stereocenters. The lowest BCUT2D eigenvalue weighted by Gasteiger charge is -2.28. The summed E-state index contributed by atoms with van der Waals surface area (Å²) in [5.74, 6) is 0.845. The molecule has 0 atom stereocenters. The van der Waals surface area contributed by atoms with Gasteiger partial charge in [-0.3, -0.25) is 14.6 Å². The minimum absolute atomic E-state index is 0.0345. The van der Waals surface area contributed by atoms with Gasteiger partial charge in [-0.05, 0) is 54.8 Å². The molecule has 28 heavy (non-hydrogen) atoms. The third-order valence-corrected chi connectivity index (χ3v) is 5.12. The second kappa shape index (κ2) is 8.36. The van der Waals surface area contributed by atoms with Crippen molar-refractivity contribution < 1.29 is 4.79 Å². The monoisotopic (exact) mass is 371 g/mol. The number of hydrogen-bond acceptors (Lipinski definition) is 3. The number of benzene rings is 2. The van der Waals surface area contributed by atoms with Crippen LogP contribution in [-0.4, -0.2) is 29.4 Å². The molecule has 0 N–H and O–H groups in total. The molecular weight excluding hydrogens is 346 g/mol. The van der Waals surface area contributed by atoms with Crippen molar-refractivity contribution in [2.24, 2.45) is 0 Å². The molecule has 2 heterocycles. The van der Waals surface area contributed by atoms with Crippen molar-refractivity contribution in [2.75, 3.05) is 18.5 Å². The van der Waals surface area contributed by atoms with Gasteiger partial charge in [0.1, 0.15) is 5.82 Å². The lowest BCUT2D eigenvalue weighted by molar-refractivity contribution is 0.0984. The van der Waals surface area contributed by atoms with Crippen LogP contribution >= 0.6 is 0 Å². The number of pyridine rings is 1. The topological polar surface area (TPSA) is 36.4 Å². The number of aromatic nitrogens is 1. The maximum Gasteiger partial charge on any atom is 0.259 e. The Balaban J connectivity index is 1.49. The van der Waals surface area contributed by atoms with Crippen LogP contribution in [0.3, 0.4) is 0 Å². The van der Waals surface area contributed by atoms with E-state index in [1.807, 2.05) is 35.2 Å². The summed E-state index contributed by atoms with van der Waals surface area (Å²) in [7, 11) is 2.10. The highest BCUT2D eigenvalue weighted by molar-refractivity contribution is 6.06. The minimum atomic E-state index is 0.0345. The van der Waals surface area contributed by atoms with Gasteiger partial charge in [0.15, 0.2) is 0 Å². The molecule has 2 aromatic carbocycles. The second-order valence-corrected chi connectivity index (χ2v) is 7.40. The predicted molar refractivity (Wildman–Crippen MR) is 112 cm³/mol. The van der Waals surface area contributed by atoms with Gasteiger partial charge in [-0.1, -0.05) is 48.5 Å². The molecule has 1 aromatic heterocycles. The highest BCUT2D eigenvalue weighted by atomic mass is 16.2. The normalized spacial score (nSPS) is 13.4.